The smallest absolute Gasteiger partial charge is 0.167 e. The molecule has 0 N–H and O–H groups in total. The highest BCUT2D eigenvalue weighted by Crippen LogP contribution is 2.43. The zero-order valence-electron chi connectivity index (χ0n) is 9.66. The third-order valence-electron chi connectivity index (χ3n) is 3.51. The molecule has 0 saturated heterocycles. The van der Waals surface area contributed by atoms with Crippen molar-refractivity contribution < 1.29 is 0 Å². The summed E-state index contributed by atoms with van der Waals surface area (Å²) in [5, 5.41) is 0. The number of hydrogen-bond donors (Lipinski definition) is 0. The Labute approximate surface area is 110 Å². The molecular weight excluding hydrogens is 283 g/mol. The summed E-state index contributed by atoms with van der Waals surface area (Å²) in [6.07, 6.45) is 6.83. The maximum atomic E-state index is 6.76. The zero-order valence-corrected chi connectivity index (χ0v) is 13.9. The van der Waals surface area contributed by atoms with Crippen molar-refractivity contribution in [2.24, 2.45) is 0 Å². The normalized spacial score (nSPS) is 23.8. The van der Waals surface area contributed by atoms with Crippen molar-refractivity contribution in [3.63, 3.8) is 0 Å². The number of rotatable bonds is 4. The summed E-state index contributed by atoms with van der Waals surface area (Å²) in [6.45, 7) is 2.37. The molecule has 0 aliphatic heterocycles. The maximum absolute atomic E-state index is 6.76. The Bertz CT molecular complexity index is 195. The Morgan fingerprint density at radius 3 is 1.93 bits per heavy atom. The molecule has 0 amide bonds. The first-order chi connectivity index (χ1) is 6.81. The fraction of sp³-hybridized carbons (Fsp3) is 1.00. The van der Waals surface area contributed by atoms with Crippen molar-refractivity contribution in [3.05, 3.63) is 0 Å². The van der Waals surface area contributed by atoms with Crippen LogP contribution in [0.1, 0.15) is 32.1 Å². The van der Waals surface area contributed by atoms with E-state index < -0.39 is 14.1 Å². The van der Waals surface area contributed by atoms with E-state index in [4.69, 9.17) is 33.2 Å². The van der Waals surface area contributed by atoms with Crippen LogP contribution in [0.2, 0.25) is 30.7 Å². The Balaban J connectivity index is 2.42. The van der Waals surface area contributed by atoms with Crippen LogP contribution in [0, 0.1) is 0 Å². The highest BCUT2D eigenvalue weighted by Gasteiger charge is 2.37. The van der Waals surface area contributed by atoms with Crippen molar-refractivity contribution in [1.29, 1.82) is 0 Å². The van der Waals surface area contributed by atoms with E-state index in [1.54, 1.807) is 0 Å². The fourth-order valence-electron chi connectivity index (χ4n) is 2.37. The topological polar surface area (TPSA) is 0 Å². The monoisotopic (exact) mass is 302 g/mol. The van der Waals surface area contributed by atoms with E-state index >= 15 is 0 Å². The van der Waals surface area contributed by atoms with Gasteiger partial charge in [-0.25, -0.2) is 0 Å². The predicted molar refractivity (Wildman–Crippen MR) is 77.2 cm³/mol. The fourth-order valence-corrected chi connectivity index (χ4v) is 11.3. The van der Waals surface area contributed by atoms with Gasteiger partial charge in [0.1, 0.15) is 0 Å². The molecule has 1 rings (SSSR count). The molecule has 0 radical (unpaired) electrons. The van der Waals surface area contributed by atoms with Gasteiger partial charge < -0.3 is 0 Å². The Morgan fingerprint density at radius 1 is 0.933 bits per heavy atom. The van der Waals surface area contributed by atoms with E-state index in [9.17, 15) is 0 Å². The molecule has 0 spiro atoms. The minimum atomic E-state index is -1.94. The zero-order chi connectivity index (χ0) is 11.5. The van der Waals surface area contributed by atoms with Crippen LogP contribution in [-0.4, -0.2) is 14.1 Å². The van der Waals surface area contributed by atoms with Gasteiger partial charge in [0.05, 0.1) is 0 Å². The van der Waals surface area contributed by atoms with Gasteiger partial charge in [-0.05, 0) is 24.2 Å². The standard InChI is InChI=1S/C10H21Cl3Si2/c1-14(11,8-9-15(2,12)13)10-6-4-3-5-7-10/h10H,3-9H2,1-2H3. The van der Waals surface area contributed by atoms with E-state index in [0.717, 1.165) is 17.6 Å². The highest BCUT2D eigenvalue weighted by molar-refractivity contribution is 7.45. The van der Waals surface area contributed by atoms with Gasteiger partial charge in [0, 0.05) is 0 Å². The van der Waals surface area contributed by atoms with Crippen LogP contribution in [0.25, 0.3) is 0 Å². The highest BCUT2D eigenvalue weighted by atomic mass is 35.7. The lowest BCUT2D eigenvalue weighted by Crippen LogP contribution is -2.33. The van der Waals surface area contributed by atoms with Crippen LogP contribution in [0.4, 0.5) is 0 Å². The quantitative estimate of drug-likeness (QED) is 0.462. The molecule has 1 atom stereocenters. The second-order valence-electron chi connectivity index (χ2n) is 5.18. The van der Waals surface area contributed by atoms with Crippen LogP contribution in [0.3, 0.4) is 0 Å². The summed E-state index contributed by atoms with van der Waals surface area (Å²) >= 11 is 19.1. The third-order valence-corrected chi connectivity index (χ3v) is 11.3. The van der Waals surface area contributed by atoms with Gasteiger partial charge in [0.2, 0.25) is 6.69 Å². The molecule has 90 valence electrons. The molecule has 1 aliphatic carbocycles. The Kier molecular flexibility index (Phi) is 5.52. The molecule has 1 aliphatic rings. The summed E-state index contributed by atoms with van der Waals surface area (Å²) in [5.41, 5.74) is 0.803. The van der Waals surface area contributed by atoms with E-state index in [1.807, 2.05) is 6.55 Å². The molecule has 0 bridgehead atoms. The SMILES string of the molecule is C[Si](Cl)(Cl)CC[Si](C)(Cl)C1CCCCC1. The molecule has 0 aromatic rings. The minimum absolute atomic E-state index is 0.803. The van der Waals surface area contributed by atoms with Gasteiger partial charge in [-0.15, -0.1) is 22.2 Å². The van der Waals surface area contributed by atoms with Crippen molar-refractivity contribution in [1.82, 2.24) is 0 Å². The molecule has 0 heterocycles. The van der Waals surface area contributed by atoms with Gasteiger partial charge in [0.15, 0.2) is 7.38 Å². The lowest BCUT2D eigenvalue weighted by Gasteiger charge is -2.33. The minimum Gasteiger partial charge on any atom is -0.167 e. The van der Waals surface area contributed by atoms with Gasteiger partial charge >= 0.3 is 0 Å². The van der Waals surface area contributed by atoms with E-state index in [1.165, 1.54) is 32.1 Å². The van der Waals surface area contributed by atoms with Crippen molar-refractivity contribution in [2.45, 2.75) is 62.8 Å². The molecule has 0 nitrogen and oxygen atoms in total. The summed E-state index contributed by atoms with van der Waals surface area (Å²) in [5.74, 6) is 0. The average Bonchev–Trinajstić information content (AvgIpc) is 2.16. The first-order valence-corrected chi connectivity index (χ1v) is 14.4. The van der Waals surface area contributed by atoms with E-state index in [-0.39, 0.29) is 0 Å². The molecule has 0 aromatic heterocycles. The van der Waals surface area contributed by atoms with E-state index in [0.29, 0.717) is 0 Å². The predicted octanol–water partition coefficient (Wildman–Crippen LogP) is 5.68. The van der Waals surface area contributed by atoms with Crippen molar-refractivity contribution in [3.8, 4) is 0 Å². The molecule has 1 saturated carbocycles. The molecule has 0 aromatic carbocycles. The van der Waals surface area contributed by atoms with Crippen LogP contribution in [-0.2, 0) is 0 Å². The summed E-state index contributed by atoms with van der Waals surface area (Å²) in [4.78, 5) is 0. The van der Waals surface area contributed by atoms with Crippen LogP contribution in [0.15, 0.2) is 0 Å². The molecular formula is C10H21Cl3Si2. The van der Waals surface area contributed by atoms with Crippen LogP contribution < -0.4 is 0 Å². The lowest BCUT2D eigenvalue weighted by atomic mass is 10.0. The number of hydrogen-bond acceptors (Lipinski definition) is 0. The molecule has 1 fully saturated rings. The second kappa shape index (κ2) is 5.77. The first-order valence-electron chi connectivity index (χ1n) is 5.88. The molecule has 15 heavy (non-hydrogen) atoms. The first kappa shape index (κ1) is 14.4. The van der Waals surface area contributed by atoms with Gasteiger partial charge in [0.25, 0.3) is 0 Å². The van der Waals surface area contributed by atoms with Crippen molar-refractivity contribution >= 4 is 47.3 Å². The summed E-state index contributed by atoms with van der Waals surface area (Å²) in [6, 6.07) is 2.08. The Morgan fingerprint density at radius 2 is 1.47 bits per heavy atom. The van der Waals surface area contributed by atoms with Gasteiger partial charge in [-0.1, -0.05) is 38.7 Å². The molecule has 1 unspecified atom stereocenters. The number of halogens is 3. The van der Waals surface area contributed by atoms with Crippen LogP contribution in [0.5, 0.6) is 0 Å². The van der Waals surface area contributed by atoms with Gasteiger partial charge in [-0.3, -0.25) is 0 Å². The molecule has 5 heteroatoms. The second-order valence-corrected chi connectivity index (χ2v) is 19.9. The Hall–Kier alpha value is 1.30. The third kappa shape index (κ3) is 5.44. The van der Waals surface area contributed by atoms with Crippen LogP contribution >= 0.6 is 33.2 Å². The summed E-state index contributed by atoms with van der Waals surface area (Å²) < 4.78 is 0. The lowest BCUT2D eigenvalue weighted by molar-refractivity contribution is 0.494. The largest absolute Gasteiger partial charge is 0.248 e. The van der Waals surface area contributed by atoms with Crippen molar-refractivity contribution in [2.75, 3.05) is 0 Å². The average molecular weight is 304 g/mol. The maximum Gasteiger partial charge on any atom is 0.248 e. The van der Waals surface area contributed by atoms with E-state index in [2.05, 4.69) is 6.55 Å². The summed E-state index contributed by atoms with van der Waals surface area (Å²) in [7, 11) is -1.57. The van der Waals surface area contributed by atoms with Gasteiger partial charge in [-0.2, -0.15) is 11.1 Å².